The van der Waals surface area contributed by atoms with Crippen molar-refractivity contribution in [3.8, 4) is 11.5 Å². The van der Waals surface area contributed by atoms with Gasteiger partial charge in [0.25, 0.3) is 0 Å². The van der Waals surface area contributed by atoms with Crippen molar-refractivity contribution in [3.63, 3.8) is 0 Å². The average Bonchev–Trinajstić information content (AvgIpc) is 2.72. The monoisotopic (exact) mass is 470 g/mol. The molecule has 0 amide bonds. The van der Waals surface area contributed by atoms with Crippen LogP contribution in [0.15, 0.2) is 53.4 Å². The van der Waals surface area contributed by atoms with E-state index in [4.69, 9.17) is 4.74 Å². The van der Waals surface area contributed by atoms with Crippen LogP contribution >= 0.6 is 0 Å². The fourth-order valence-corrected chi connectivity index (χ4v) is 4.04. The molecule has 0 saturated carbocycles. The molecule has 0 atom stereocenters. The summed E-state index contributed by atoms with van der Waals surface area (Å²) in [6, 6.07) is 13.5. The molecule has 0 aliphatic carbocycles. The van der Waals surface area contributed by atoms with Gasteiger partial charge in [-0.3, -0.25) is 0 Å². The fourth-order valence-electron chi connectivity index (χ4n) is 3.57. The third-order valence-corrected chi connectivity index (χ3v) is 6.17. The van der Waals surface area contributed by atoms with Crippen LogP contribution < -0.4 is 56.1 Å². The molecule has 0 saturated heterocycles. The number of rotatable bonds is 15. The van der Waals surface area contributed by atoms with Crippen LogP contribution in [0.1, 0.15) is 83.1 Å². The third-order valence-electron chi connectivity index (χ3n) is 5.32. The van der Waals surface area contributed by atoms with E-state index in [0.717, 1.165) is 6.42 Å². The molecule has 2 aromatic rings. The average molecular weight is 471 g/mol. The summed E-state index contributed by atoms with van der Waals surface area (Å²) < 4.78 is 38.8. The summed E-state index contributed by atoms with van der Waals surface area (Å²) in [4.78, 5) is -0.250. The Morgan fingerprint density at radius 3 is 1.84 bits per heavy atom. The molecular weight excluding hydrogens is 435 g/mol. The second-order valence-electron chi connectivity index (χ2n) is 7.96. The number of aryl methyl sites for hydroxylation is 1. The van der Waals surface area contributed by atoms with E-state index in [9.17, 15) is 13.0 Å². The summed E-state index contributed by atoms with van der Waals surface area (Å²) in [6.07, 6.45) is 15.7. The Bertz CT molecular complexity index is 835. The zero-order chi connectivity index (χ0) is 21.7. The molecule has 2 aromatic carbocycles. The first-order valence-corrected chi connectivity index (χ1v) is 12.7. The summed E-state index contributed by atoms with van der Waals surface area (Å²) in [5.74, 6) is 1.22. The first kappa shape index (κ1) is 28.8. The van der Waals surface area contributed by atoms with Gasteiger partial charge in [0.15, 0.2) is 0 Å². The van der Waals surface area contributed by atoms with Gasteiger partial charge in [0.2, 0.25) is 0 Å². The topological polar surface area (TPSA) is 66.4 Å². The number of unbranched alkanes of at least 4 members (excludes halogenated alkanes) is 10. The molecule has 0 aromatic heterocycles. The van der Waals surface area contributed by atoms with E-state index in [-0.39, 0.29) is 56.3 Å². The molecule has 31 heavy (non-hydrogen) atoms. The van der Waals surface area contributed by atoms with Gasteiger partial charge in [-0.15, -0.1) is 0 Å². The van der Waals surface area contributed by atoms with Crippen molar-refractivity contribution < 1.29 is 69.1 Å². The van der Waals surface area contributed by atoms with Gasteiger partial charge in [0.1, 0.15) is 21.6 Å². The Kier molecular flexibility index (Phi) is 15.3. The smallest absolute Gasteiger partial charge is 0.744 e. The van der Waals surface area contributed by atoms with Crippen LogP contribution in [0.25, 0.3) is 0 Å². The van der Waals surface area contributed by atoms with E-state index in [0.29, 0.717) is 11.5 Å². The fraction of sp³-hybridized carbons (Fsp3) is 0.520. The number of hydrogen-bond acceptors (Lipinski definition) is 4. The van der Waals surface area contributed by atoms with E-state index in [2.05, 4.69) is 13.0 Å². The molecule has 0 aliphatic heterocycles. The maximum absolute atomic E-state index is 11.0. The molecular formula is C25H35KO4S. The molecule has 0 aliphatic rings. The van der Waals surface area contributed by atoms with Crippen LogP contribution in [0.3, 0.4) is 0 Å². The van der Waals surface area contributed by atoms with Crippen LogP contribution in [0.4, 0.5) is 0 Å². The van der Waals surface area contributed by atoms with Gasteiger partial charge in [0, 0.05) is 0 Å². The van der Waals surface area contributed by atoms with Gasteiger partial charge in [-0.25, -0.2) is 8.42 Å². The van der Waals surface area contributed by atoms with Crippen molar-refractivity contribution in [3.05, 3.63) is 54.1 Å². The van der Waals surface area contributed by atoms with Gasteiger partial charge in [-0.05, 0) is 54.8 Å². The molecule has 6 heteroatoms. The van der Waals surface area contributed by atoms with Crippen molar-refractivity contribution >= 4 is 10.1 Å². The van der Waals surface area contributed by atoms with Gasteiger partial charge < -0.3 is 9.29 Å². The maximum atomic E-state index is 11.0. The largest absolute Gasteiger partial charge is 1.00 e. The van der Waals surface area contributed by atoms with Crippen molar-refractivity contribution in [2.75, 3.05) is 0 Å². The zero-order valence-corrected chi connectivity index (χ0v) is 23.1. The quantitative estimate of drug-likeness (QED) is 0.222. The molecule has 2 rings (SSSR count). The summed E-state index contributed by atoms with van der Waals surface area (Å²) in [7, 11) is -4.43. The first-order valence-electron chi connectivity index (χ1n) is 11.3. The minimum Gasteiger partial charge on any atom is -0.744 e. The van der Waals surface area contributed by atoms with Crippen LogP contribution in [-0.4, -0.2) is 13.0 Å². The summed E-state index contributed by atoms with van der Waals surface area (Å²) >= 11 is 0. The summed E-state index contributed by atoms with van der Waals surface area (Å²) in [6.45, 7) is 2.26. The summed E-state index contributed by atoms with van der Waals surface area (Å²) in [5.41, 5.74) is 1.24. The Balaban J connectivity index is 0.00000480. The number of ether oxygens (including phenoxy) is 1. The normalized spacial score (nSPS) is 11.2. The van der Waals surface area contributed by atoms with Gasteiger partial charge in [-0.1, -0.05) is 83.3 Å². The molecule has 0 fully saturated rings. The minimum absolute atomic E-state index is 0. The molecule has 4 nitrogen and oxygen atoms in total. The van der Waals surface area contributed by atoms with E-state index in [1.165, 1.54) is 100 Å². The van der Waals surface area contributed by atoms with Crippen molar-refractivity contribution in [2.24, 2.45) is 0 Å². The maximum Gasteiger partial charge on any atom is 1.00 e. The molecule has 0 N–H and O–H groups in total. The molecule has 166 valence electrons. The van der Waals surface area contributed by atoms with Crippen LogP contribution in [0, 0.1) is 0 Å². The number of hydrogen-bond donors (Lipinski definition) is 0. The SMILES string of the molecule is CCCCCCCCCCCCCc1cccc(Oc2ccc(S(=O)(=O)[O-])cc2)c1.[K+]. The minimum atomic E-state index is -4.43. The third kappa shape index (κ3) is 12.6. The van der Waals surface area contributed by atoms with E-state index >= 15 is 0 Å². The van der Waals surface area contributed by atoms with Crippen molar-refractivity contribution in [1.29, 1.82) is 0 Å². The van der Waals surface area contributed by atoms with Gasteiger partial charge in [0.05, 0.1) is 4.90 Å². The van der Waals surface area contributed by atoms with E-state index in [1.807, 2.05) is 18.2 Å². The first-order chi connectivity index (χ1) is 14.5. The predicted molar refractivity (Wildman–Crippen MR) is 121 cm³/mol. The van der Waals surface area contributed by atoms with Crippen LogP contribution in [-0.2, 0) is 16.5 Å². The Morgan fingerprint density at radius 2 is 1.29 bits per heavy atom. The van der Waals surface area contributed by atoms with Crippen molar-refractivity contribution in [2.45, 2.75) is 88.9 Å². The zero-order valence-electron chi connectivity index (χ0n) is 19.1. The second kappa shape index (κ2) is 16.4. The Labute approximate surface area is 231 Å². The molecule has 0 unspecified atom stereocenters. The molecule has 0 heterocycles. The Hall–Kier alpha value is -0.214. The van der Waals surface area contributed by atoms with Gasteiger partial charge >= 0.3 is 51.4 Å². The van der Waals surface area contributed by atoms with Gasteiger partial charge in [-0.2, -0.15) is 0 Å². The predicted octanol–water partition coefficient (Wildman–Crippen LogP) is 4.24. The second-order valence-corrected chi connectivity index (χ2v) is 9.34. The Morgan fingerprint density at radius 1 is 0.742 bits per heavy atom. The van der Waals surface area contributed by atoms with Crippen LogP contribution in [0.5, 0.6) is 11.5 Å². The van der Waals surface area contributed by atoms with Crippen molar-refractivity contribution in [1.82, 2.24) is 0 Å². The summed E-state index contributed by atoms with van der Waals surface area (Å²) in [5, 5.41) is 0. The van der Waals surface area contributed by atoms with E-state index in [1.54, 1.807) is 0 Å². The molecule has 0 bridgehead atoms. The standard InChI is InChI=1S/C25H36O4S.K/c1-2-3-4-5-6-7-8-9-10-11-12-14-22-15-13-16-24(21-22)29-23-17-19-25(20-18-23)30(26,27)28;/h13,15-21H,2-12,14H2,1H3,(H,26,27,28);/q;+1/p-1. The molecule has 0 spiro atoms. The molecule has 0 radical (unpaired) electrons. The van der Waals surface area contributed by atoms with Crippen LogP contribution in [0.2, 0.25) is 0 Å². The number of benzene rings is 2. The van der Waals surface area contributed by atoms with E-state index < -0.39 is 10.1 Å².